The molecule has 11 aromatic rings. The zero-order chi connectivity index (χ0) is 40.7. The van der Waals surface area contributed by atoms with Crippen molar-refractivity contribution in [2.24, 2.45) is 4.99 Å². The summed E-state index contributed by atoms with van der Waals surface area (Å²) in [5, 5.41) is 19.0. The molecule has 0 unspecified atom stereocenters. The molecule has 61 heavy (non-hydrogen) atoms. The molecule has 11 rings (SSSR count). The van der Waals surface area contributed by atoms with E-state index in [1.807, 2.05) is 30.5 Å². The van der Waals surface area contributed by atoms with E-state index in [0.717, 1.165) is 66.4 Å². The largest absolute Gasteiger partial charge is 0.309 e. The molecule has 286 valence electrons. The average molecular weight is 778 g/mol. The van der Waals surface area contributed by atoms with Crippen molar-refractivity contribution in [2.45, 2.75) is 0 Å². The summed E-state index contributed by atoms with van der Waals surface area (Å²) in [5.41, 5.74) is 12.0. The van der Waals surface area contributed by atoms with Crippen LogP contribution in [0.25, 0.3) is 87.8 Å². The summed E-state index contributed by atoms with van der Waals surface area (Å²) in [4.78, 5) is 5.26. The molecule has 3 nitrogen and oxygen atoms in total. The standard InChI is InChI=1S/C58H39N3/c59-51(42-33-31-41(32-34-42)45-28-16-30-54-57(45)49-27-14-15-29-53(49)61(54)44-22-8-3-9-23-44)37-52(60-38-39-17-4-1-5-18-39)56-48-26-13-12-25-47(48)55(43-20-6-2-7-21-43)58-46-24-11-10-19-40(46)35-36-50(56)58/h1-38,59H/b52-37-,59-51?,60-38?. The van der Waals surface area contributed by atoms with Gasteiger partial charge in [-0.25, -0.2) is 0 Å². The maximum atomic E-state index is 9.68. The van der Waals surface area contributed by atoms with E-state index < -0.39 is 0 Å². The van der Waals surface area contributed by atoms with Gasteiger partial charge in [-0.1, -0.05) is 194 Å². The maximum Gasteiger partial charge on any atom is 0.0736 e. The summed E-state index contributed by atoms with van der Waals surface area (Å²) in [6, 6.07) is 76.9. The van der Waals surface area contributed by atoms with Gasteiger partial charge in [-0.15, -0.1) is 0 Å². The Morgan fingerprint density at radius 3 is 1.84 bits per heavy atom. The van der Waals surface area contributed by atoms with Gasteiger partial charge >= 0.3 is 0 Å². The molecule has 0 bridgehead atoms. The second-order valence-corrected chi connectivity index (χ2v) is 15.4. The van der Waals surface area contributed by atoms with Gasteiger partial charge in [-0.2, -0.15) is 0 Å². The molecule has 3 heteroatoms. The molecule has 0 radical (unpaired) electrons. The van der Waals surface area contributed by atoms with E-state index in [9.17, 15) is 5.41 Å². The lowest BCUT2D eigenvalue weighted by Gasteiger charge is -2.19. The molecule has 0 aliphatic carbocycles. The van der Waals surface area contributed by atoms with Gasteiger partial charge in [-0.05, 0) is 96.0 Å². The fourth-order valence-electron chi connectivity index (χ4n) is 9.15. The number of fused-ring (bicyclic) bond motifs is 7. The van der Waals surface area contributed by atoms with Crippen LogP contribution in [0.2, 0.25) is 0 Å². The summed E-state index contributed by atoms with van der Waals surface area (Å²) >= 11 is 0. The number of nitrogens with one attached hydrogen (secondary N) is 1. The Morgan fingerprint density at radius 2 is 1.07 bits per heavy atom. The molecular formula is C58H39N3. The lowest BCUT2D eigenvalue weighted by Crippen LogP contribution is -1.99. The number of allylic oxidation sites excluding steroid dienone is 1. The zero-order valence-electron chi connectivity index (χ0n) is 33.3. The monoisotopic (exact) mass is 777 g/mol. The highest BCUT2D eigenvalue weighted by Crippen LogP contribution is 2.45. The highest BCUT2D eigenvalue weighted by molar-refractivity contribution is 6.27. The van der Waals surface area contributed by atoms with Gasteiger partial charge in [0.25, 0.3) is 0 Å². The van der Waals surface area contributed by atoms with Crippen molar-refractivity contribution in [3.8, 4) is 27.9 Å². The van der Waals surface area contributed by atoms with Gasteiger partial charge in [0.05, 0.1) is 22.4 Å². The lowest BCUT2D eigenvalue weighted by atomic mass is 9.85. The van der Waals surface area contributed by atoms with Crippen LogP contribution >= 0.6 is 0 Å². The van der Waals surface area contributed by atoms with Crippen LogP contribution in [0.4, 0.5) is 0 Å². The molecule has 0 spiro atoms. The van der Waals surface area contributed by atoms with Crippen LogP contribution in [0.15, 0.2) is 229 Å². The highest BCUT2D eigenvalue weighted by atomic mass is 15.0. The number of rotatable bonds is 8. The van der Waals surface area contributed by atoms with Crippen molar-refractivity contribution in [3.05, 3.63) is 241 Å². The van der Waals surface area contributed by atoms with Crippen molar-refractivity contribution in [1.29, 1.82) is 5.41 Å². The van der Waals surface area contributed by atoms with Crippen LogP contribution in [0.1, 0.15) is 16.7 Å². The van der Waals surface area contributed by atoms with E-state index in [1.54, 1.807) is 0 Å². The van der Waals surface area contributed by atoms with Gasteiger partial charge in [0.2, 0.25) is 0 Å². The molecule has 0 aliphatic heterocycles. The third kappa shape index (κ3) is 6.32. The third-order valence-corrected chi connectivity index (χ3v) is 11.9. The molecule has 0 amide bonds. The second kappa shape index (κ2) is 15.2. The summed E-state index contributed by atoms with van der Waals surface area (Å²) in [7, 11) is 0. The third-order valence-electron chi connectivity index (χ3n) is 11.9. The smallest absolute Gasteiger partial charge is 0.0736 e. The first-order valence-corrected chi connectivity index (χ1v) is 20.7. The van der Waals surface area contributed by atoms with Crippen molar-refractivity contribution in [1.82, 2.24) is 4.57 Å². The number of hydrogen-bond acceptors (Lipinski definition) is 2. The highest BCUT2D eigenvalue weighted by Gasteiger charge is 2.21. The van der Waals surface area contributed by atoms with Crippen molar-refractivity contribution < 1.29 is 0 Å². The van der Waals surface area contributed by atoms with Crippen molar-refractivity contribution in [3.63, 3.8) is 0 Å². The van der Waals surface area contributed by atoms with Crippen molar-refractivity contribution in [2.75, 3.05) is 0 Å². The minimum atomic E-state index is 0.385. The van der Waals surface area contributed by atoms with E-state index in [1.165, 1.54) is 38.0 Å². The van der Waals surface area contributed by atoms with Crippen molar-refractivity contribution >= 4 is 71.7 Å². The minimum Gasteiger partial charge on any atom is -0.309 e. The Morgan fingerprint density at radius 1 is 0.443 bits per heavy atom. The number of hydrogen-bond donors (Lipinski definition) is 1. The van der Waals surface area contributed by atoms with E-state index in [0.29, 0.717) is 5.71 Å². The number of aromatic nitrogens is 1. The molecule has 10 aromatic carbocycles. The van der Waals surface area contributed by atoms with Crippen LogP contribution in [0.3, 0.4) is 0 Å². The van der Waals surface area contributed by atoms with E-state index in [4.69, 9.17) is 4.99 Å². The minimum absolute atomic E-state index is 0.385. The van der Waals surface area contributed by atoms with Crippen LogP contribution in [-0.4, -0.2) is 16.5 Å². The fraction of sp³-hybridized carbons (Fsp3) is 0. The Kier molecular flexibility index (Phi) is 8.98. The van der Waals surface area contributed by atoms with Gasteiger partial charge in [0.1, 0.15) is 0 Å². The molecule has 0 atom stereocenters. The Hall–Kier alpha value is -8.14. The van der Waals surface area contributed by atoms with Crippen LogP contribution < -0.4 is 0 Å². The van der Waals surface area contributed by atoms with E-state index in [2.05, 4.69) is 205 Å². The number of benzene rings is 10. The number of para-hydroxylation sites is 2. The summed E-state index contributed by atoms with van der Waals surface area (Å²) in [6.07, 6.45) is 3.86. The molecule has 0 aliphatic rings. The molecule has 0 fully saturated rings. The first-order chi connectivity index (χ1) is 30.2. The molecule has 1 heterocycles. The molecule has 1 aromatic heterocycles. The Bertz CT molecular complexity index is 3510. The SMILES string of the molecule is N=C(/C=C(\N=Cc1ccccc1)c1c2ccccc2c(-c2ccccc2)c2c1ccc1ccccc12)c1ccc(-c2cccc3c2c2ccccc2n3-c2ccccc2)cc1. The fourth-order valence-corrected chi connectivity index (χ4v) is 9.15. The first kappa shape index (κ1) is 36.0. The predicted molar refractivity (Wildman–Crippen MR) is 259 cm³/mol. The van der Waals surface area contributed by atoms with Crippen LogP contribution in [0.5, 0.6) is 0 Å². The summed E-state index contributed by atoms with van der Waals surface area (Å²) < 4.78 is 2.35. The Balaban J connectivity index is 1.09. The second-order valence-electron chi connectivity index (χ2n) is 15.4. The van der Waals surface area contributed by atoms with Gasteiger partial charge in [0.15, 0.2) is 0 Å². The molecule has 1 N–H and O–H groups in total. The maximum absolute atomic E-state index is 9.68. The average Bonchev–Trinajstić information content (AvgIpc) is 3.67. The lowest BCUT2D eigenvalue weighted by molar-refractivity contribution is 1.18. The first-order valence-electron chi connectivity index (χ1n) is 20.7. The molecule has 0 saturated carbocycles. The normalized spacial score (nSPS) is 12.0. The summed E-state index contributed by atoms with van der Waals surface area (Å²) in [6.45, 7) is 0. The Labute approximate surface area is 354 Å². The van der Waals surface area contributed by atoms with E-state index >= 15 is 0 Å². The number of nitrogens with zero attached hydrogens (tertiary/aromatic N) is 2. The number of aliphatic imine (C=N–C) groups is 1. The van der Waals surface area contributed by atoms with Gasteiger partial charge < -0.3 is 9.98 Å². The van der Waals surface area contributed by atoms with Crippen LogP contribution in [0, 0.1) is 5.41 Å². The van der Waals surface area contributed by atoms with Crippen LogP contribution in [-0.2, 0) is 0 Å². The zero-order valence-corrected chi connectivity index (χ0v) is 33.3. The molecular weight excluding hydrogens is 739 g/mol. The quantitative estimate of drug-likeness (QED) is 0.0907. The predicted octanol–water partition coefficient (Wildman–Crippen LogP) is 15.1. The van der Waals surface area contributed by atoms with Gasteiger partial charge in [0, 0.05) is 28.2 Å². The van der Waals surface area contributed by atoms with E-state index in [-0.39, 0.29) is 0 Å². The van der Waals surface area contributed by atoms with Gasteiger partial charge in [-0.3, -0.25) is 4.99 Å². The topological polar surface area (TPSA) is 41.1 Å². The molecule has 0 saturated heterocycles. The summed E-state index contributed by atoms with van der Waals surface area (Å²) in [5.74, 6) is 0.